The van der Waals surface area contributed by atoms with Crippen LogP contribution < -0.4 is 5.32 Å². The van der Waals surface area contributed by atoms with E-state index in [1.807, 2.05) is 6.55 Å². The van der Waals surface area contributed by atoms with Gasteiger partial charge in [-0.3, -0.25) is 4.79 Å². The van der Waals surface area contributed by atoms with Gasteiger partial charge < -0.3 is 19.3 Å². The van der Waals surface area contributed by atoms with Crippen molar-refractivity contribution in [2.75, 3.05) is 20.8 Å². The number of carbonyl (C=O) groups is 1. The maximum atomic E-state index is 11.0. The minimum absolute atomic E-state index is 0.340. The van der Waals surface area contributed by atoms with Crippen LogP contribution in [0.15, 0.2) is 0 Å². The highest BCUT2D eigenvalue weighted by Crippen LogP contribution is 2.12. The molecule has 0 radical (unpaired) electrons. The van der Waals surface area contributed by atoms with Gasteiger partial charge in [-0.2, -0.15) is 0 Å². The molecule has 0 aromatic rings. The number of amides is 1. The second kappa shape index (κ2) is 6.94. The van der Waals surface area contributed by atoms with Gasteiger partial charge in [0.15, 0.2) is 0 Å². The Bertz CT molecular complexity index is 195. The van der Waals surface area contributed by atoms with Gasteiger partial charge in [0.25, 0.3) is 0 Å². The molecule has 0 spiro atoms. The largest absolute Gasteiger partial charge is 0.398 e. The molecule has 1 unspecified atom stereocenters. The van der Waals surface area contributed by atoms with E-state index in [4.69, 9.17) is 14.0 Å². The van der Waals surface area contributed by atoms with E-state index < -0.39 is 14.7 Å². The van der Waals surface area contributed by atoms with Crippen LogP contribution >= 0.6 is 0 Å². The number of hydrogen-bond acceptors (Lipinski definition) is 4. The Morgan fingerprint density at radius 2 is 2.00 bits per heavy atom. The van der Waals surface area contributed by atoms with Crippen molar-refractivity contribution < 1.29 is 18.8 Å². The molecule has 0 aliphatic carbocycles. The highest BCUT2D eigenvalue weighted by molar-refractivity contribution is 6.65. The van der Waals surface area contributed by atoms with Gasteiger partial charge >= 0.3 is 8.56 Å². The van der Waals surface area contributed by atoms with E-state index in [9.17, 15) is 4.79 Å². The average molecular weight is 235 g/mol. The Hall–Kier alpha value is -0.433. The zero-order valence-corrected chi connectivity index (χ0v) is 10.9. The lowest BCUT2D eigenvalue weighted by atomic mass is 10.3. The Balaban J connectivity index is 3.66. The van der Waals surface area contributed by atoms with Crippen LogP contribution in [0, 0.1) is 0 Å². The van der Waals surface area contributed by atoms with Crippen molar-refractivity contribution in [3.8, 4) is 0 Å². The molecule has 0 bridgehead atoms. The van der Waals surface area contributed by atoms with Crippen LogP contribution in [0.5, 0.6) is 0 Å². The lowest BCUT2D eigenvalue weighted by molar-refractivity contribution is -0.128. The van der Waals surface area contributed by atoms with E-state index in [0.717, 1.165) is 12.5 Å². The molecule has 2 N–H and O–H groups in total. The van der Waals surface area contributed by atoms with Crippen LogP contribution in [0.25, 0.3) is 0 Å². The van der Waals surface area contributed by atoms with Gasteiger partial charge in [-0.15, -0.1) is 0 Å². The lowest BCUT2D eigenvalue weighted by Crippen LogP contribution is -2.38. The molecule has 5 nitrogen and oxygen atoms in total. The standard InChI is InChI=1S/C9H21NO4Si/c1-8(11)9(12)10-6-5-7-15(4,13-2)14-3/h8,11H,5-7H2,1-4H3,(H,10,12). The van der Waals surface area contributed by atoms with Crippen molar-refractivity contribution in [3.63, 3.8) is 0 Å². The zero-order valence-electron chi connectivity index (χ0n) is 9.87. The number of hydrogen-bond donors (Lipinski definition) is 2. The fourth-order valence-electron chi connectivity index (χ4n) is 1.06. The molecule has 0 saturated carbocycles. The molecule has 0 aromatic heterocycles. The molecule has 0 heterocycles. The SMILES string of the molecule is CO[Si](C)(CCCNC(=O)C(C)O)OC. The molecule has 0 aliphatic rings. The van der Waals surface area contributed by atoms with Crippen molar-refractivity contribution in [3.05, 3.63) is 0 Å². The summed E-state index contributed by atoms with van der Waals surface area (Å²) in [7, 11) is 1.28. The normalized spacial score (nSPS) is 13.7. The van der Waals surface area contributed by atoms with Crippen LogP contribution in [0.2, 0.25) is 12.6 Å². The van der Waals surface area contributed by atoms with Gasteiger partial charge in [0.1, 0.15) is 6.10 Å². The Kier molecular flexibility index (Phi) is 6.74. The molecule has 6 heteroatoms. The summed E-state index contributed by atoms with van der Waals surface area (Å²) in [5.41, 5.74) is 0. The Morgan fingerprint density at radius 1 is 1.47 bits per heavy atom. The first kappa shape index (κ1) is 14.6. The van der Waals surface area contributed by atoms with E-state index in [-0.39, 0.29) is 5.91 Å². The molecule has 0 rings (SSSR count). The Morgan fingerprint density at radius 3 is 2.40 bits per heavy atom. The maximum Gasteiger partial charge on any atom is 0.334 e. The van der Waals surface area contributed by atoms with Crippen molar-refractivity contribution in [2.45, 2.75) is 32.0 Å². The van der Waals surface area contributed by atoms with Gasteiger partial charge in [-0.05, 0) is 25.9 Å². The minimum atomic E-state index is -2.01. The fourth-order valence-corrected chi connectivity index (χ4v) is 2.45. The van der Waals surface area contributed by atoms with E-state index in [1.54, 1.807) is 14.2 Å². The molecule has 0 aliphatic heterocycles. The number of rotatable bonds is 7. The summed E-state index contributed by atoms with van der Waals surface area (Å²) in [5, 5.41) is 11.5. The van der Waals surface area contributed by atoms with Crippen LogP contribution in [-0.4, -0.2) is 46.4 Å². The molecular weight excluding hydrogens is 214 g/mol. The van der Waals surface area contributed by atoms with E-state index in [0.29, 0.717) is 6.54 Å². The summed E-state index contributed by atoms with van der Waals surface area (Å²) in [4.78, 5) is 11.0. The van der Waals surface area contributed by atoms with Gasteiger partial charge in [0.2, 0.25) is 5.91 Å². The summed E-state index contributed by atoms with van der Waals surface area (Å²) in [6.45, 7) is 3.96. The summed E-state index contributed by atoms with van der Waals surface area (Å²) in [5.74, 6) is -0.340. The lowest BCUT2D eigenvalue weighted by Gasteiger charge is -2.22. The summed E-state index contributed by atoms with van der Waals surface area (Å²) in [6.07, 6.45) is -0.151. The smallest absolute Gasteiger partial charge is 0.334 e. The van der Waals surface area contributed by atoms with Crippen molar-refractivity contribution in [1.82, 2.24) is 5.32 Å². The fraction of sp³-hybridized carbons (Fsp3) is 0.889. The molecule has 1 atom stereocenters. The number of aliphatic hydroxyl groups is 1. The van der Waals surface area contributed by atoms with Crippen molar-refractivity contribution >= 4 is 14.5 Å². The third-order valence-corrected chi connectivity index (χ3v) is 5.34. The Labute approximate surface area is 92.0 Å². The summed E-state index contributed by atoms with van der Waals surface area (Å²) in [6, 6.07) is 0.820. The number of nitrogens with one attached hydrogen (secondary N) is 1. The number of aliphatic hydroxyl groups excluding tert-OH is 1. The van der Waals surface area contributed by atoms with Crippen LogP contribution in [0.4, 0.5) is 0 Å². The summed E-state index contributed by atoms with van der Waals surface area (Å²) >= 11 is 0. The molecule has 0 saturated heterocycles. The third-order valence-electron chi connectivity index (χ3n) is 2.35. The molecule has 1 amide bonds. The highest BCUT2D eigenvalue weighted by atomic mass is 28.4. The molecular formula is C9H21NO4Si. The third kappa shape index (κ3) is 5.88. The first-order chi connectivity index (χ1) is 6.95. The topological polar surface area (TPSA) is 67.8 Å². The molecule has 0 fully saturated rings. The van der Waals surface area contributed by atoms with E-state index >= 15 is 0 Å². The predicted molar refractivity (Wildman–Crippen MR) is 59.8 cm³/mol. The zero-order chi connectivity index (χ0) is 11.9. The van der Waals surface area contributed by atoms with Crippen LogP contribution in [0.3, 0.4) is 0 Å². The second-order valence-corrected chi connectivity index (χ2v) is 7.20. The highest BCUT2D eigenvalue weighted by Gasteiger charge is 2.27. The maximum absolute atomic E-state index is 11.0. The van der Waals surface area contributed by atoms with Gasteiger partial charge in [0.05, 0.1) is 0 Å². The van der Waals surface area contributed by atoms with Gasteiger partial charge in [-0.25, -0.2) is 0 Å². The van der Waals surface area contributed by atoms with Crippen LogP contribution in [0.1, 0.15) is 13.3 Å². The number of carbonyl (C=O) groups excluding carboxylic acids is 1. The van der Waals surface area contributed by atoms with Gasteiger partial charge in [-0.1, -0.05) is 0 Å². The van der Waals surface area contributed by atoms with E-state index in [2.05, 4.69) is 5.32 Å². The minimum Gasteiger partial charge on any atom is -0.398 e. The van der Waals surface area contributed by atoms with Crippen molar-refractivity contribution in [2.24, 2.45) is 0 Å². The van der Waals surface area contributed by atoms with Crippen molar-refractivity contribution in [1.29, 1.82) is 0 Å². The van der Waals surface area contributed by atoms with Gasteiger partial charge in [0, 0.05) is 20.8 Å². The second-order valence-electron chi connectivity index (χ2n) is 3.61. The van der Waals surface area contributed by atoms with E-state index in [1.165, 1.54) is 6.92 Å². The average Bonchev–Trinajstić information content (AvgIpc) is 2.23. The monoisotopic (exact) mass is 235 g/mol. The quantitative estimate of drug-likeness (QED) is 0.490. The summed E-state index contributed by atoms with van der Waals surface area (Å²) < 4.78 is 10.6. The first-order valence-corrected chi connectivity index (χ1v) is 7.53. The van der Waals surface area contributed by atoms with Crippen LogP contribution in [-0.2, 0) is 13.6 Å². The first-order valence-electron chi connectivity index (χ1n) is 5.01. The molecule has 90 valence electrons. The molecule has 15 heavy (non-hydrogen) atoms. The molecule has 0 aromatic carbocycles. The predicted octanol–water partition coefficient (Wildman–Crippen LogP) is 0.238.